The molecule has 4 nitrogen and oxygen atoms in total. The number of aromatic amines is 1. The molecule has 1 N–H and O–H groups in total. The van der Waals surface area contributed by atoms with Crippen molar-refractivity contribution in [2.75, 3.05) is 25.5 Å². The summed E-state index contributed by atoms with van der Waals surface area (Å²) in [5.41, 5.74) is 7.76. The van der Waals surface area contributed by atoms with Crippen molar-refractivity contribution in [2.45, 2.75) is 19.4 Å². The van der Waals surface area contributed by atoms with E-state index in [2.05, 4.69) is 60.4 Å². The van der Waals surface area contributed by atoms with E-state index >= 15 is 0 Å². The van der Waals surface area contributed by atoms with Crippen LogP contribution in [0.2, 0.25) is 0 Å². The molecule has 4 heteroatoms. The van der Waals surface area contributed by atoms with Crippen LogP contribution in [-0.2, 0) is 6.42 Å². The SMILES string of the molecule is Cc1ccc([C@H]2c3[nH]c4ccccc4c3CCN2C(=O)c2ccc(N(C)C)cc2)cc1. The van der Waals surface area contributed by atoms with Gasteiger partial charge < -0.3 is 14.8 Å². The number of benzene rings is 3. The average molecular weight is 410 g/mol. The van der Waals surface area contributed by atoms with Crippen LogP contribution in [0.5, 0.6) is 0 Å². The Hall–Kier alpha value is -3.53. The zero-order chi connectivity index (χ0) is 21.5. The smallest absolute Gasteiger partial charge is 0.254 e. The molecule has 5 rings (SSSR count). The fourth-order valence-electron chi connectivity index (χ4n) is 4.62. The van der Waals surface area contributed by atoms with Crippen molar-refractivity contribution >= 4 is 22.5 Å². The highest BCUT2D eigenvalue weighted by atomic mass is 16.2. The summed E-state index contributed by atoms with van der Waals surface area (Å²) >= 11 is 0. The van der Waals surface area contributed by atoms with Gasteiger partial charge in [0.15, 0.2) is 0 Å². The maximum Gasteiger partial charge on any atom is 0.254 e. The Balaban J connectivity index is 1.60. The molecule has 1 aliphatic rings. The highest BCUT2D eigenvalue weighted by Gasteiger charge is 2.34. The molecule has 4 aromatic rings. The number of nitrogens with zero attached hydrogens (tertiary/aromatic N) is 2. The Morgan fingerprint density at radius 1 is 0.968 bits per heavy atom. The van der Waals surface area contributed by atoms with Gasteiger partial charge in [0, 0.05) is 48.5 Å². The fraction of sp³-hybridized carbons (Fsp3) is 0.222. The Labute approximate surface area is 183 Å². The third-order valence-corrected chi connectivity index (χ3v) is 6.32. The first kappa shape index (κ1) is 19.4. The van der Waals surface area contributed by atoms with Crippen molar-refractivity contribution in [3.05, 3.63) is 101 Å². The summed E-state index contributed by atoms with van der Waals surface area (Å²) in [6.07, 6.45) is 0.850. The van der Waals surface area contributed by atoms with Gasteiger partial charge in [-0.25, -0.2) is 0 Å². The number of amides is 1. The van der Waals surface area contributed by atoms with Crippen LogP contribution in [0, 0.1) is 6.92 Å². The van der Waals surface area contributed by atoms with Gasteiger partial charge >= 0.3 is 0 Å². The Kier molecular flexibility index (Phi) is 4.78. The molecule has 1 aromatic heterocycles. The number of hydrogen-bond acceptors (Lipinski definition) is 2. The quantitative estimate of drug-likeness (QED) is 0.497. The molecule has 0 fully saturated rings. The summed E-state index contributed by atoms with van der Waals surface area (Å²) in [6.45, 7) is 2.79. The largest absolute Gasteiger partial charge is 0.378 e. The molecule has 0 spiro atoms. The van der Waals surface area contributed by atoms with Crippen molar-refractivity contribution in [1.82, 2.24) is 9.88 Å². The van der Waals surface area contributed by atoms with E-state index in [1.807, 2.05) is 48.2 Å². The highest BCUT2D eigenvalue weighted by molar-refractivity contribution is 5.96. The average Bonchev–Trinajstić information content (AvgIpc) is 3.17. The highest BCUT2D eigenvalue weighted by Crippen LogP contribution is 2.39. The fourth-order valence-corrected chi connectivity index (χ4v) is 4.62. The van der Waals surface area contributed by atoms with Crippen LogP contribution in [0.15, 0.2) is 72.8 Å². The molecule has 156 valence electrons. The number of hydrogen-bond donors (Lipinski definition) is 1. The molecule has 0 unspecified atom stereocenters. The summed E-state index contributed by atoms with van der Waals surface area (Å²) in [5.74, 6) is 0.0696. The molecule has 0 saturated heterocycles. The lowest BCUT2D eigenvalue weighted by Crippen LogP contribution is -2.40. The van der Waals surface area contributed by atoms with Crippen LogP contribution in [0.1, 0.15) is 38.8 Å². The van der Waals surface area contributed by atoms with Crippen molar-refractivity contribution < 1.29 is 4.79 Å². The number of para-hydroxylation sites is 1. The second-order valence-electron chi connectivity index (χ2n) is 8.57. The van der Waals surface area contributed by atoms with Crippen LogP contribution < -0.4 is 4.90 Å². The number of anilines is 1. The predicted octanol–water partition coefficient (Wildman–Crippen LogP) is 5.33. The minimum atomic E-state index is -0.127. The van der Waals surface area contributed by atoms with E-state index in [1.54, 1.807) is 0 Å². The molecule has 0 bridgehead atoms. The summed E-state index contributed by atoms with van der Waals surface area (Å²) in [5, 5.41) is 1.26. The van der Waals surface area contributed by atoms with E-state index in [4.69, 9.17) is 0 Å². The molecule has 0 saturated carbocycles. The van der Waals surface area contributed by atoms with Gasteiger partial charge in [0.25, 0.3) is 5.91 Å². The lowest BCUT2D eigenvalue weighted by molar-refractivity contribution is 0.0692. The summed E-state index contributed by atoms with van der Waals surface area (Å²) in [7, 11) is 4.01. The van der Waals surface area contributed by atoms with Gasteiger partial charge in [-0.1, -0.05) is 48.0 Å². The van der Waals surface area contributed by atoms with E-state index in [9.17, 15) is 4.79 Å². The molecule has 0 aliphatic carbocycles. The molecule has 1 atom stereocenters. The maximum atomic E-state index is 13.7. The van der Waals surface area contributed by atoms with Gasteiger partial charge in [0.2, 0.25) is 0 Å². The Morgan fingerprint density at radius 3 is 2.39 bits per heavy atom. The normalized spacial score (nSPS) is 15.7. The first-order valence-electron chi connectivity index (χ1n) is 10.8. The zero-order valence-corrected chi connectivity index (χ0v) is 18.2. The Morgan fingerprint density at radius 2 is 1.68 bits per heavy atom. The van der Waals surface area contributed by atoms with Crippen molar-refractivity contribution in [3.8, 4) is 0 Å². The van der Waals surface area contributed by atoms with Gasteiger partial charge in [0.05, 0.1) is 6.04 Å². The van der Waals surface area contributed by atoms with E-state index in [0.717, 1.165) is 34.4 Å². The summed E-state index contributed by atoms with van der Waals surface area (Å²) < 4.78 is 0. The van der Waals surface area contributed by atoms with Crippen LogP contribution in [0.3, 0.4) is 0 Å². The monoisotopic (exact) mass is 409 g/mol. The number of rotatable bonds is 3. The van der Waals surface area contributed by atoms with E-state index < -0.39 is 0 Å². The minimum Gasteiger partial charge on any atom is -0.378 e. The van der Waals surface area contributed by atoms with Crippen LogP contribution in [-0.4, -0.2) is 36.4 Å². The van der Waals surface area contributed by atoms with Gasteiger partial charge in [0.1, 0.15) is 0 Å². The van der Waals surface area contributed by atoms with Crippen molar-refractivity contribution in [2.24, 2.45) is 0 Å². The second-order valence-corrected chi connectivity index (χ2v) is 8.57. The number of aromatic nitrogens is 1. The molecule has 31 heavy (non-hydrogen) atoms. The molecule has 3 aromatic carbocycles. The molecule has 2 heterocycles. The molecule has 0 radical (unpaired) electrons. The number of fused-ring (bicyclic) bond motifs is 3. The Bertz CT molecular complexity index is 1240. The zero-order valence-electron chi connectivity index (χ0n) is 18.2. The first-order valence-corrected chi connectivity index (χ1v) is 10.8. The van der Waals surface area contributed by atoms with Crippen LogP contribution in [0.4, 0.5) is 5.69 Å². The van der Waals surface area contributed by atoms with Gasteiger partial charge in [-0.3, -0.25) is 4.79 Å². The van der Waals surface area contributed by atoms with E-state index in [0.29, 0.717) is 6.54 Å². The predicted molar refractivity (Wildman–Crippen MR) is 127 cm³/mol. The van der Waals surface area contributed by atoms with Gasteiger partial charge in [-0.15, -0.1) is 0 Å². The minimum absolute atomic E-state index is 0.0696. The standard InChI is InChI=1S/C27H27N3O/c1-18-8-10-19(11-9-18)26-25-23(22-6-4-5-7-24(22)28-25)16-17-30(26)27(31)20-12-14-21(15-13-20)29(2)3/h4-15,26,28H,16-17H2,1-3H3/t26-/m0/s1. The van der Waals surface area contributed by atoms with Crippen molar-refractivity contribution in [1.29, 1.82) is 0 Å². The summed E-state index contributed by atoms with van der Waals surface area (Å²) in [6, 6.07) is 24.7. The molecular weight excluding hydrogens is 382 g/mol. The molecular formula is C27H27N3O. The van der Waals surface area contributed by atoms with E-state index in [-0.39, 0.29) is 11.9 Å². The molecule has 1 aliphatic heterocycles. The van der Waals surface area contributed by atoms with Gasteiger partial charge in [-0.2, -0.15) is 0 Å². The van der Waals surface area contributed by atoms with Crippen molar-refractivity contribution in [3.63, 3.8) is 0 Å². The number of carbonyl (C=O) groups excluding carboxylic acids is 1. The second kappa shape index (κ2) is 7.62. The first-order chi connectivity index (χ1) is 15.0. The summed E-state index contributed by atoms with van der Waals surface area (Å²) in [4.78, 5) is 21.4. The number of nitrogens with one attached hydrogen (secondary N) is 1. The van der Waals surface area contributed by atoms with Gasteiger partial charge in [-0.05, 0) is 54.8 Å². The number of H-pyrrole nitrogens is 1. The third kappa shape index (κ3) is 3.38. The number of aryl methyl sites for hydroxylation is 1. The van der Waals surface area contributed by atoms with E-state index in [1.165, 1.54) is 16.5 Å². The topological polar surface area (TPSA) is 39.3 Å². The van der Waals surface area contributed by atoms with Crippen LogP contribution >= 0.6 is 0 Å². The third-order valence-electron chi connectivity index (χ3n) is 6.32. The maximum absolute atomic E-state index is 13.7. The lowest BCUT2D eigenvalue weighted by atomic mass is 9.91. The van der Waals surface area contributed by atoms with Crippen LogP contribution in [0.25, 0.3) is 10.9 Å². The molecule has 1 amide bonds. The lowest BCUT2D eigenvalue weighted by Gasteiger charge is -2.36. The number of carbonyl (C=O) groups is 1.